The van der Waals surface area contributed by atoms with E-state index in [0.29, 0.717) is 11.4 Å². The SMILES string of the molecule is Cc1ccccc1-n1nc(C(=O)Nc2cccc(C)c2C)nc1-c1ccc(F)cc1. The number of anilines is 1. The van der Waals surface area contributed by atoms with Crippen molar-refractivity contribution >= 4 is 11.6 Å². The van der Waals surface area contributed by atoms with Crippen LogP contribution < -0.4 is 5.32 Å². The molecule has 30 heavy (non-hydrogen) atoms. The Morgan fingerprint density at radius 2 is 1.60 bits per heavy atom. The Morgan fingerprint density at radius 1 is 0.900 bits per heavy atom. The first kappa shape index (κ1) is 19.5. The molecule has 3 aromatic carbocycles. The molecule has 0 saturated carbocycles. The predicted molar refractivity (Wildman–Crippen MR) is 115 cm³/mol. The fourth-order valence-electron chi connectivity index (χ4n) is 3.23. The van der Waals surface area contributed by atoms with Gasteiger partial charge in [-0.05, 0) is 73.9 Å². The van der Waals surface area contributed by atoms with Gasteiger partial charge < -0.3 is 5.32 Å². The Bertz CT molecular complexity index is 1230. The minimum absolute atomic E-state index is 0.0403. The number of hydrogen-bond donors (Lipinski definition) is 1. The molecule has 1 aromatic heterocycles. The lowest BCUT2D eigenvalue weighted by molar-refractivity contribution is 0.101. The number of rotatable bonds is 4. The van der Waals surface area contributed by atoms with Crippen molar-refractivity contribution in [1.29, 1.82) is 0 Å². The molecule has 4 rings (SSSR count). The average Bonchev–Trinajstić information content (AvgIpc) is 3.17. The Labute approximate surface area is 174 Å². The summed E-state index contributed by atoms with van der Waals surface area (Å²) >= 11 is 0. The normalized spacial score (nSPS) is 10.8. The third-order valence-corrected chi connectivity index (χ3v) is 5.11. The van der Waals surface area contributed by atoms with Crippen LogP contribution in [0.25, 0.3) is 17.1 Å². The van der Waals surface area contributed by atoms with Crippen molar-refractivity contribution in [1.82, 2.24) is 14.8 Å². The molecule has 0 saturated heterocycles. The molecule has 5 nitrogen and oxygen atoms in total. The number of aryl methyl sites for hydroxylation is 2. The van der Waals surface area contributed by atoms with Gasteiger partial charge in [0.2, 0.25) is 5.82 Å². The van der Waals surface area contributed by atoms with Crippen LogP contribution in [0.2, 0.25) is 0 Å². The summed E-state index contributed by atoms with van der Waals surface area (Å²) in [5, 5.41) is 7.39. The third-order valence-electron chi connectivity index (χ3n) is 5.11. The maximum Gasteiger partial charge on any atom is 0.295 e. The van der Waals surface area contributed by atoms with E-state index in [4.69, 9.17) is 0 Å². The van der Waals surface area contributed by atoms with Crippen LogP contribution in [0.3, 0.4) is 0 Å². The van der Waals surface area contributed by atoms with Gasteiger partial charge in [0.1, 0.15) is 5.82 Å². The van der Waals surface area contributed by atoms with Crippen molar-refractivity contribution < 1.29 is 9.18 Å². The van der Waals surface area contributed by atoms with Gasteiger partial charge in [-0.15, -0.1) is 5.10 Å². The van der Waals surface area contributed by atoms with Crippen LogP contribution >= 0.6 is 0 Å². The number of halogens is 1. The molecule has 1 amide bonds. The number of carbonyl (C=O) groups excluding carboxylic acids is 1. The molecule has 4 aromatic rings. The van der Waals surface area contributed by atoms with Crippen LogP contribution in [0, 0.1) is 26.6 Å². The molecule has 1 N–H and O–H groups in total. The van der Waals surface area contributed by atoms with E-state index in [9.17, 15) is 9.18 Å². The second kappa shape index (κ2) is 7.91. The lowest BCUT2D eigenvalue weighted by Crippen LogP contribution is -2.15. The van der Waals surface area contributed by atoms with Gasteiger partial charge in [-0.25, -0.2) is 14.1 Å². The van der Waals surface area contributed by atoms with Gasteiger partial charge >= 0.3 is 0 Å². The van der Waals surface area contributed by atoms with E-state index in [1.54, 1.807) is 16.8 Å². The van der Waals surface area contributed by atoms with Crippen LogP contribution in [-0.4, -0.2) is 20.7 Å². The Hall–Kier alpha value is -3.80. The summed E-state index contributed by atoms with van der Waals surface area (Å²) in [7, 11) is 0. The van der Waals surface area contributed by atoms with Gasteiger partial charge in [-0.2, -0.15) is 0 Å². The minimum Gasteiger partial charge on any atom is -0.319 e. The largest absolute Gasteiger partial charge is 0.319 e. The Kier molecular flexibility index (Phi) is 5.14. The fraction of sp³-hybridized carbons (Fsp3) is 0.125. The number of hydrogen-bond acceptors (Lipinski definition) is 3. The first-order chi connectivity index (χ1) is 14.4. The van der Waals surface area contributed by atoms with Crippen LogP contribution in [-0.2, 0) is 0 Å². The van der Waals surface area contributed by atoms with Gasteiger partial charge in [-0.1, -0.05) is 30.3 Å². The van der Waals surface area contributed by atoms with E-state index >= 15 is 0 Å². The summed E-state index contributed by atoms with van der Waals surface area (Å²) in [6.07, 6.45) is 0. The van der Waals surface area contributed by atoms with Gasteiger partial charge in [0.15, 0.2) is 5.82 Å². The van der Waals surface area contributed by atoms with Crippen molar-refractivity contribution in [2.45, 2.75) is 20.8 Å². The molecule has 0 radical (unpaired) electrons. The zero-order valence-corrected chi connectivity index (χ0v) is 17.0. The molecule has 0 bridgehead atoms. The number of aromatic nitrogens is 3. The maximum atomic E-state index is 13.4. The smallest absolute Gasteiger partial charge is 0.295 e. The van der Waals surface area contributed by atoms with Gasteiger partial charge in [-0.3, -0.25) is 4.79 Å². The molecule has 0 aliphatic heterocycles. The third kappa shape index (κ3) is 3.72. The highest BCUT2D eigenvalue weighted by Crippen LogP contribution is 2.24. The summed E-state index contributed by atoms with van der Waals surface area (Å²) < 4.78 is 15.1. The lowest BCUT2D eigenvalue weighted by atomic mass is 10.1. The number of amides is 1. The van der Waals surface area contributed by atoms with E-state index in [2.05, 4.69) is 15.4 Å². The molecule has 0 fully saturated rings. The number of benzene rings is 3. The molecular weight excluding hydrogens is 379 g/mol. The second-order valence-electron chi connectivity index (χ2n) is 7.17. The van der Waals surface area contributed by atoms with E-state index in [0.717, 1.165) is 28.1 Å². The Balaban J connectivity index is 1.79. The maximum absolute atomic E-state index is 13.4. The highest BCUT2D eigenvalue weighted by atomic mass is 19.1. The number of carbonyl (C=O) groups is 1. The lowest BCUT2D eigenvalue weighted by Gasteiger charge is -2.09. The summed E-state index contributed by atoms with van der Waals surface area (Å²) in [5.41, 5.74) is 5.23. The van der Waals surface area contributed by atoms with E-state index < -0.39 is 5.91 Å². The Morgan fingerprint density at radius 3 is 2.33 bits per heavy atom. The van der Waals surface area contributed by atoms with Crippen molar-refractivity contribution in [2.24, 2.45) is 0 Å². The van der Waals surface area contributed by atoms with Crippen molar-refractivity contribution in [3.05, 3.63) is 95.1 Å². The topological polar surface area (TPSA) is 59.8 Å². The van der Waals surface area contributed by atoms with Gasteiger partial charge in [0, 0.05) is 11.3 Å². The summed E-state index contributed by atoms with van der Waals surface area (Å²) in [4.78, 5) is 17.4. The first-order valence-corrected chi connectivity index (χ1v) is 9.60. The number of nitrogens with zero attached hydrogens (tertiary/aromatic N) is 3. The zero-order chi connectivity index (χ0) is 21.3. The van der Waals surface area contributed by atoms with Crippen LogP contribution in [0.15, 0.2) is 66.7 Å². The molecule has 150 valence electrons. The fourth-order valence-corrected chi connectivity index (χ4v) is 3.23. The highest BCUT2D eigenvalue weighted by Gasteiger charge is 2.20. The summed E-state index contributed by atoms with van der Waals surface area (Å²) in [6, 6.07) is 19.4. The molecule has 1 heterocycles. The van der Waals surface area contributed by atoms with Crippen molar-refractivity contribution in [3.63, 3.8) is 0 Å². The van der Waals surface area contributed by atoms with Crippen LogP contribution in [0.4, 0.5) is 10.1 Å². The molecule has 0 aliphatic carbocycles. The van der Waals surface area contributed by atoms with E-state index in [1.165, 1.54) is 12.1 Å². The molecule has 6 heteroatoms. The van der Waals surface area contributed by atoms with E-state index in [-0.39, 0.29) is 11.6 Å². The number of nitrogens with one attached hydrogen (secondary N) is 1. The van der Waals surface area contributed by atoms with Crippen LogP contribution in [0.5, 0.6) is 0 Å². The standard InChI is InChI=1S/C24H21FN4O/c1-15-8-6-9-20(17(15)3)26-24(30)22-27-23(18-11-13-19(25)14-12-18)29(28-22)21-10-5-4-7-16(21)2/h4-14H,1-3H3,(H,26,30). The van der Waals surface area contributed by atoms with E-state index in [1.807, 2.05) is 63.2 Å². The monoisotopic (exact) mass is 400 g/mol. The highest BCUT2D eigenvalue weighted by molar-refractivity contribution is 6.02. The van der Waals surface area contributed by atoms with Gasteiger partial charge in [0.05, 0.1) is 5.69 Å². The molecule has 0 atom stereocenters. The average molecular weight is 400 g/mol. The number of para-hydroxylation sites is 1. The van der Waals surface area contributed by atoms with Gasteiger partial charge in [0.25, 0.3) is 5.91 Å². The van der Waals surface area contributed by atoms with Crippen molar-refractivity contribution in [2.75, 3.05) is 5.32 Å². The minimum atomic E-state index is -0.403. The van der Waals surface area contributed by atoms with Crippen molar-refractivity contribution in [3.8, 4) is 17.1 Å². The second-order valence-corrected chi connectivity index (χ2v) is 7.17. The quantitative estimate of drug-likeness (QED) is 0.509. The molecule has 0 aliphatic rings. The molecule has 0 unspecified atom stereocenters. The predicted octanol–water partition coefficient (Wildman–Crippen LogP) is 5.25. The molecular formula is C24H21FN4O. The zero-order valence-electron chi connectivity index (χ0n) is 17.0. The molecule has 0 spiro atoms. The summed E-state index contributed by atoms with van der Waals surface area (Å²) in [5.74, 6) is -0.234. The first-order valence-electron chi connectivity index (χ1n) is 9.60. The summed E-state index contributed by atoms with van der Waals surface area (Å²) in [6.45, 7) is 5.90. The van der Waals surface area contributed by atoms with Crippen LogP contribution in [0.1, 0.15) is 27.3 Å².